The zero-order valence-corrected chi connectivity index (χ0v) is 18.6. The van der Waals surface area contributed by atoms with Gasteiger partial charge in [-0.05, 0) is 37.8 Å². The Morgan fingerprint density at radius 2 is 1.00 bits per heavy atom. The van der Waals surface area contributed by atoms with E-state index in [-0.39, 0.29) is 43.3 Å². The number of hydrogen-bond acceptors (Lipinski definition) is 4. The first-order valence-corrected chi connectivity index (χ1v) is 12.2. The molecule has 0 saturated carbocycles. The van der Waals surface area contributed by atoms with Gasteiger partial charge in [-0.15, -0.1) is 0 Å². The first kappa shape index (κ1) is 24.4. The molecule has 6 heteroatoms. The minimum absolute atomic E-state index is 0.0297. The summed E-state index contributed by atoms with van der Waals surface area (Å²) in [6.45, 7) is 8.41. The highest BCUT2D eigenvalue weighted by atomic mass is 28.2. The lowest BCUT2D eigenvalue weighted by Gasteiger charge is -2.14. The third kappa shape index (κ3) is 12.4. The molecule has 0 aromatic carbocycles. The van der Waals surface area contributed by atoms with Crippen molar-refractivity contribution in [3.05, 3.63) is 0 Å². The highest BCUT2D eigenvalue weighted by Gasteiger charge is 2.19. The molecular formula is C19H36O4Si2. The molecule has 0 N–H and O–H groups in total. The summed E-state index contributed by atoms with van der Waals surface area (Å²) >= 11 is 0. The molecule has 144 valence electrons. The molecule has 0 rings (SSSR count). The lowest BCUT2D eigenvalue weighted by molar-refractivity contribution is -0.140. The van der Waals surface area contributed by atoms with E-state index in [2.05, 4.69) is 27.7 Å². The van der Waals surface area contributed by atoms with Crippen molar-refractivity contribution in [2.24, 2.45) is 11.8 Å². The lowest BCUT2D eigenvalue weighted by Crippen LogP contribution is -2.20. The molecule has 0 atom stereocenters. The molecule has 0 unspecified atom stereocenters. The largest absolute Gasteiger partial charge is 0.516 e. The Labute approximate surface area is 159 Å². The Kier molecular flexibility index (Phi) is 16.4. The van der Waals surface area contributed by atoms with Gasteiger partial charge in [-0.25, -0.2) is 0 Å². The van der Waals surface area contributed by atoms with Crippen molar-refractivity contribution in [3.8, 4) is 0 Å². The molecule has 0 fully saturated rings. The summed E-state index contributed by atoms with van der Waals surface area (Å²) in [5.41, 5.74) is 0. The van der Waals surface area contributed by atoms with Gasteiger partial charge in [-0.3, -0.25) is 9.59 Å². The summed E-state index contributed by atoms with van der Waals surface area (Å²) < 4.78 is 10.8. The Morgan fingerprint density at radius 1 is 0.680 bits per heavy atom. The zero-order valence-electron chi connectivity index (χ0n) is 16.6. The van der Waals surface area contributed by atoms with E-state index in [9.17, 15) is 9.59 Å². The van der Waals surface area contributed by atoms with Gasteiger partial charge >= 0.3 is 19.5 Å². The Bertz CT molecular complexity index is 306. The summed E-state index contributed by atoms with van der Waals surface area (Å²) in [6.07, 6.45) is 8.71. The van der Waals surface area contributed by atoms with Gasteiger partial charge in [0.2, 0.25) is 0 Å². The van der Waals surface area contributed by atoms with Crippen LogP contribution in [0.4, 0.5) is 0 Å². The maximum absolute atomic E-state index is 12.0. The Balaban J connectivity index is 3.78. The van der Waals surface area contributed by atoms with Crippen molar-refractivity contribution >= 4 is 31.5 Å². The molecule has 4 nitrogen and oxygen atoms in total. The second-order valence-electron chi connectivity index (χ2n) is 6.53. The van der Waals surface area contributed by atoms with Crippen LogP contribution in [-0.4, -0.2) is 31.5 Å². The summed E-state index contributed by atoms with van der Waals surface area (Å²) in [4.78, 5) is 24.0. The summed E-state index contributed by atoms with van der Waals surface area (Å²) in [5, 5.41) is 0. The van der Waals surface area contributed by atoms with Crippen molar-refractivity contribution in [2.75, 3.05) is 0 Å². The van der Waals surface area contributed by atoms with Crippen molar-refractivity contribution in [2.45, 2.75) is 97.6 Å². The molecule has 0 aromatic rings. The maximum Gasteiger partial charge on any atom is 0.314 e. The van der Waals surface area contributed by atoms with Crippen molar-refractivity contribution in [1.82, 2.24) is 0 Å². The fourth-order valence-corrected chi connectivity index (χ4v) is 4.62. The van der Waals surface area contributed by atoms with Gasteiger partial charge in [0.1, 0.15) is 0 Å². The normalized spacial score (nSPS) is 11.1. The van der Waals surface area contributed by atoms with Crippen molar-refractivity contribution in [3.63, 3.8) is 0 Å². The standard InChI is InChI=1S/C19H36O4Si2/c1-5-10-16(11-6-2)18(20)22-24-14-9-15-25-23-19(21)17(12-7-3)13-8-4/h16-17H,5-15H2,1-4H3. The summed E-state index contributed by atoms with van der Waals surface area (Å²) in [7, 11) is 0.460. The van der Waals surface area contributed by atoms with Gasteiger partial charge in [0, 0.05) is 0 Å². The number of hydrogen-bond donors (Lipinski definition) is 0. The van der Waals surface area contributed by atoms with Crippen LogP contribution in [0.25, 0.3) is 0 Å². The van der Waals surface area contributed by atoms with Gasteiger partial charge < -0.3 is 8.85 Å². The molecule has 4 radical (unpaired) electrons. The average molecular weight is 385 g/mol. The maximum atomic E-state index is 12.0. The lowest BCUT2D eigenvalue weighted by atomic mass is 9.99. The SMILES string of the molecule is CCCC(CCC)C(=O)O[Si]CCC[Si]OC(=O)C(CCC)CCC. The molecule has 0 aliphatic heterocycles. The van der Waals surface area contributed by atoms with Crippen molar-refractivity contribution < 1.29 is 18.4 Å². The number of carbonyl (C=O) groups excluding carboxylic acids is 2. The van der Waals surface area contributed by atoms with E-state index in [4.69, 9.17) is 8.85 Å². The van der Waals surface area contributed by atoms with Crippen LogP contribution < -0.4 is 0 Å². The molecule has 0 bridgehead atoms. The van der Waals surface area contributed by atoms with Crippen LogP contribution in [0.3, 0.4) is 0 Å². The van der Waals surface area contributed by atoms with Crippen LogP contribution in [0.2, 0.25) is 12.1 Å². The topological polar surface area (TPSA) is 52.6 Å². The molecule has 0 aliphatic carbocycles. The van der Waals surface area contributed by atoms with Crippen LogP contribution in [0, 0.1) is 11.8 Å². The Hall–Kier alpha value is -0.626. The molecule has 0 saturated heterocycles. The quantitative estimate of drug-likeness (QED) is 0.278. The predicted octanol–water partition coefficient (Wildman–Crippen LogP) is 4.97. The van der Waals surface area contributed by atoms with Crippen LogP contribution in [-0.2, 0) is 18.4 Å². The molecule has 0 heterocycles. The Morgan fingerprint density at radius 3 is 1.28 bits per heavy atom. The average Bonchev–Trinajstić information content (AvgIpc) is 2.60. The molecule has 25 heavy (non-hydrogen) atoms. The van der Waals surface area contributed by atoms with E-state index in [0.717, 1.165) is 69.9 Å². The van der Waals surface area contributed by atoms with Gasteiger partial charge in [-0.2, -0.15) is 0 Å². The van der Waals surface area contributed by atoms with Crippen molar-refractivity contribution in [1.29, 1.82) is 0 Å². The molecular weight excluding hydrogens is 348 g/mol. The first-order valence-electron chi connectivity index (χ1n) is 9.97. The molecule has 0 amide bonds. The monoisotopic (exact) mass is 384 g/mol. The second kappa shape index (κ2) is 16.8. The first-order chi connectivity index (χ1) is 12.1. The molecule has 0 spiro atoms. The predicted molar refractivity (Wildman–Crippen MR) is 105 cm³/mol. The second-order valence-corrected chi connectivity index (χ2v) is 8.52. The van der Waals surface area contributed by atoms with Crippen LogP contribution in [0.1, 0.15) is 85.5 Å². The minimum atomic E-state index is -0.0297. The van der Waals surface area contributed by atoms with Gasteiger partial charge in [0.15, 0.2) is 0 Å². The van der Waals surface area contributed by atoms with Crippen LogP contribution in [0.5, 0.6) is 0 Å². The minimum Gasteiger partial charge on any atom is -0.516 e. The van der Waals surface area contributed by atoms with E-state index in [0.29, 0.717) is 0 Å². The highest BCUT2D eigenvalue weighted by molar-refractivity contribution is 6.32. The van der Waals surface area contributed by atoms with Gasteiger partial charge in [0.25, 0.3) is 11.9 Å². The van der Waals surface area contributed by atoms with E-state index in [1.807, 2.05) is 0 Å². The molecule has 0 aliphatic rings. The van der Waals surface area contributed by atoms with E-state index in [1.165, 1.54) is 0 Å². The highest BCUT2D eigenvalue weighted by Crippen LogP contribution is 2.16. The fourth-order valence-electron chi connectivity index (χ4n) is 2.80. The number of rotatable bonds is 16. The fraction of sp³-hybridized carbons (Fsp3) is 0.895. The van der Waals surface area contributed by atoms with E-state index >= 15 is 0 Å². The third-order valence-corrected chi connectivity index (χ3v) is 5.92. The van der Waals surface area contributed by atoms with Gasteiger partial charge in [0.05, 0.1) is 11.8 Å². The van der Waals surface area contributed by atoms with E-state index < -0.39 is 0 Å². The van der Waals surface area contributed by atoms with Crippen LogP contribution in [0.15, 0.2) is 0 Å². The third-order valence-electron chi connectivity index (χ3n) is 4.12. The molecule has 0 aromatic heterocycles. The van der Waals surface area contributed by atoms with E-state index in [1.54, 1.807) is 0 Å². The summed E-state index contributed by atoms with van der Waals surface area (Å²) in [6, 6.07) is 1.74. The van der Waals surface area contributed by atoms with Gasteiger partial charge in [-0.1, -0.05) is 59.8 Å². The van der Waals surface area contributed by atoms with Crippen LogP contribution >= 0.6 is 0 Å². The zero-order chi connectivity index (χ0) is 18.9. The number of carbonyl (C=O) groups is 2. The smallest absolute Gasteiger partial charge is 0.314 e. The summed E-state index contributed by atoms with van der Waals surface area (Å²) in [5.74, 6) is 0.0783.